The van der Waals surface area contributed by atoms with E-state index in [-0.39, 0.29) is 25.3 Å². The maximum Gasteiger partial charge on any atom is 0.576 e. The Kier molecular flexibility index (Phi) is 7.94. The lowest BCUT2D eigenvalue weighted by molar-refractivity contribution is -0.146. The standard InChI is InChI=1S/C16H22N3O9P/c1-16(2)9-26-29(23,27-10-25-15(22)11-8-17-6-7-18-11)28-13(16)14(21)19-5-4-12(20)24-3/h6-8,13,23H,4-5,9-10H2,1-3H3/p+1/t13-,29?/m0/s1. The summed E-state index contributed by atoms with van der Waals surface area (Å²) in [6.07, 6.45) is 2.78. The van der Waals surface area contributed by atoms with Crippen LogP contribution in [0.15, 0.2) is 18.6 Å². The molecule has 1 fully saturated rings. The number of hydrogen-bond acceptors (Lipinski definition) is 11. The molecule has 1 aromatic heterocycles. The van der Waals surface area contributed by atoms with Crippen LogP contribution in [-0.4, -0.2) is 65.9 Å². The van der Waals surface area contributed by atoms with E-state index in [0.717, 1.165) is 0 Å². The molecule has 0 bridgehead atoms. The van der Waals surface area contributed by atoms with Crippen molar-refractivity contribution in [3.8, 4) is 0 Å². The lowest BCUT2D eigenvalue weighted by atomic mass is 9.87. The van der Waals surface area contributed by atoms with Gasteiger partial charge in [-0.3, -0.25) is 14.6 Å². The number of hydrogen-bond donors (Lipinski definition) is 2. The summed E-state index contributed by atoms with van der Waals surface area (Å²) in [5, 5.41) is 2.54. The number of rotatable bonds is 8. The molecule has 160 valence electrons. The molecule has 1 aromatic rings. The molecule has 0 radical (unpaired) electrons. The summed E-state index contributed by atoms with van der Waals surface area (Å²) in [7, 11) is -2.68. The molecule has 0 aromatic carbocycles. The Labute approximate surface area is 167 Å². The van der Waals surface area contributed by atoms with Crippen LogP contribution in [0.5, 0.6) is 0 Å². The van der Waals surface area contributed by atoms with Crippen molar-refractivity contribution in [3.05, 3.63) is 24.3 Å². The summed E-state index contributed by atoms with van der Waals surface area (Å²) in [5.74, 6) is -1.85. The minimum Gasteiger partial charge on any atom is -0.469 e. The zero-order valence-electron chi connectivity index (χ0n) is 16.2. The third kappa shape index (κ3) is 6.65. The average molecular weight is 432 g/mol. The molecule has 1 aliphatic rings. The molecule has 2 N–H and O–H groups in total. The quantitative estimate of drug-likeness (QED) is 0.333. The van der Waals surface area contributed by atoms with Crippen LogP contribution in [0.1, 0.15) is 30.8 Å². The van der Waals surface area contributed by atoms with Crippen molar-refractivity contribution in [3.63, 3.8) is 0 Å². The van der Waals surface area contributed by atoms with Crippen LogP contribution in [0.4, 0.5) is 0 Å². The molecule has 0 spiro atoms. The largest absolute Gasteiger partial charge is 0.576 e. The number of carbonyl (C=O) groups excluding carboxylic acids is 3. The summed E-state index contributed by atoms with van der Waals surface area (Å²) in [6, 6.07) is 0. The van der Waals surface area contributed by atoms with E-state index in [1.165, 1.54) is 25.7 Å². The smallest absolute Gasteiger partial charge is 0.469 e. The Morgan fingerprint density at radius 1 is 1.38 bits per heavy atom. The Bertz CT molecular complexity index is 734. The zero-order valence-corrected chi connectivity index (χ0v) is 17.1. The number of esters is 2. The SMILES string of the molecule is COC(=O)CCNC(=O)[C@@H]1O[P+](O)(OCOC(=O)c2cnccn2)OCC1(C)C. The van der Waals surface area contributed by atoms with Gasteiger partial charge >= 0.3 is 20.1 Å². The number of methoxy groups -OCH3 is 1. The maximum absolute atomic E-state index is 12.4. The highest BCUT2D eigenvalue weighted by molar-refractivity contribution is 7.55. The van der Waals surface area contributed by atoms with E-state index < -0.39 is 44.3 Å². The van der Waals surface area contributed by atoms with Crippen LogP contribution in [0.2, 0.25) is 0 Å². The predicted octanol–water partition coefficient (Wildman–Crippen LogP) is 0.398. The van der Waals surface area contributed by atoms with Gasteiger partial charge in [0.15, 0.2) is 11.8 Å². The number of aromatic nitrogens is 2. The third-order valence-corrected chi connectivity index (χ3v) is 5.18. The van der Waals surface area contributed by atoms with Crippen molar-refractivity contribution >= 4 is 26.0 Å². The highest BCUT2D eigenvalue weighted by Crippen LogP contribution is 2.63. The Balaban J connectivity index is 1.89. The topological polar surface area (TPSA) is 155 Å². The van der Waals surface area contributed by atoms with E-state index >= 15 is 0 Å². The van der Waals surface area contributed by atoms with Crippen LogP contribution in [-0.2, 0) is 32.6 Å². The number of ether oxygens (including phenoxy) is 2. The number of nitrogens with zero attached hydrogens (tertiary/aromatic N) is 2. The summed E-state index contributed by atoms with van der Waals surface area (Å²) >= 11 is 0. The van der Waals surface area contributed by atoms with Crippen LogP contribution in [0.25, 0.3) is 0 Å². The highest BCUT2D eigenvalue weighted by Gasteiger charge is 2.59. The summed E-state index contributed by atoms with van der Waals surface area (Å²) in [6.45, 7) is 2.71. The van der Waals surface area contributed by atoms with E-state index in [0.29, 0.717) is 0 Å². The number of carbonyl (C=O) groups is 3. The van der Waals surface area contributed by atoms with Crippen molar-refractivity contribution in [2.75, 3.05) is 27.1 Å². The van der Waals surface area contributed by atoms with Gasteiger partial charge in [-0.15, -0.1) is 9.05 Å². The molecule has 2 heterocycles. The van der Waals surface area contributed by atoms with Gasteiger partial charge in [-0.25, -0.2) is 9.78 Å². The molecule has 1 unspecified atom stereocenters. The number of nitrogens with one attached hydrogen (secondary N) is 1. The van der Waals surface area contributed by atoms with E-state index in [2.05, 4.69) is 20.0 Å². The Morgan fingerprint density at radius 2 is 2.14 bits per heavy atom. The van der Waals surface area contributed by atoms with Crippen molar-refractivity contribution in [2.24, 2.45) is 5.41 Å². The van der Waals surface area contributed by atoms with Gasteiger partial charge in [0, 0.05) is 24.4 Å². The fourth-order valence-corrected chi connectivity index (χ4v) is 3.73. The van der Waals surface area contributed by atoms with Crippen LogP contribution >= 0.6 is 8.17 Å². The lowest BCUT2D eigenvalue weighted by Gasteiger charge is -2.36. The van der Waals surface area contributed by atoms with Crippen molar-refractivity contribution in [1.82, 2.24) is 15.3 Å². The molecule has 29 heavy (non-hydrogen) atoms. The minimum absolute atomic E-state index is 0.0138. The van der Waals surface area contributed by atoms with Gasteiger partial charge in [0.1, 0.15) is 6.61 Å². The fourth-order valence-electron chi connectivity index (χ4n) is 2.21. The summed E-state index contributed by atoms with van der Waals surface area (Å²) in [4.78, 5) is 53.3. The monoisotopic (exact) mass is 432 g/mol. The molecular formula is C16H23N3O9P+. The van der Waals surface area contributed by atoms with E-state index in [4.69, 9.17) is 18.3 Å². The Morgan fingerprint density at radius 3 is 2.79 bits per heavy atom. The van der Waals surface area contributed by atoms with Crippen molar-refractivity contribution in [2.45, 2.75) is 26.4 Å². The summed E-state index contributed by atoms with van der Waals surface area (Å²) in [5.41, 5.74) is -0.836. The van der Waals surface area contributed by atoms with Crippen molar-refractivity contribution < 1.29 is 42.3 Å². The molecule has 0 aliphatic carbocycles. The van der Waals surface area contributed by atoms with Crippen molar-refractivity contribution in [1.29, 1.82) is 0 Å². The zero-order chi connectivity index (χ0) is 21.5. The molecule has 2 rings (SSSR count). The fraction of sp³-hybridized carbons (Fsp3) is 0.562. The van der Waals surface area contributed by atoms with Crippen LogP contribution < -0.4 is 5.32 Å². The minimum atomic E-state index is -3.92. The molecule has 12 nitrogen and oxygen atoms in total. The second kappa shape index (κ2) is 9.99. The molecule has 2 atom stereocenters. The molecule has 13 heteroatoms. The normalized spacial score (nSPS) is 23.1. The van der Waals surface area contributed by atoms with Crippen LogP contribution in [0, 0.1) is 5.41 Å². The molecular weight excluding hydrogens is 409 g/mol. The van der Waals surface area contributed by atoms with Gasteiger partial charge in [-0.05, 0) is 0 Å². The first-order chi connectivity index (χ1) is 13.7. The predicted molar refractivity (Wildman–Crippen MR) is 96.8 cm³/mol. The first-order valence-electron chi connectivity index (χ1n) is 8.54. The first kappa shape index (κ1) is 23.0. The van der Waals surface area contributed by atoms with Gasteiger partial charge in [0.05, 0.1) is 19.7 Å². The Hall–Kier alpha value is -2.24. The van der Waals surface area contributed by atoms with Crippen LogP contribution in [0.3, 0.4) is 0 Å². The van der Waals surface area contributed by atoms with E-state index in [9.17, 15) is 19.3 Å². The summed E-state index contributed by atoms with van der Waals surface area (Å²) < 4.78 is 25.1. The highest BCUT2D eigenvalue weighted by atomic mass is 31.2. The molecule has 1 saturated heterocycles. The third-order valence-electron chi connectivity index (χ3n) is 3.82. The van der Waals surface area contributed by atoms with Gasteiger partial charge in [0.2, 0.25) is 6.79 Å². The van der Waals surface area contributed by atoms with Gasteiger partial charge in [-0.1, -0.05) is 13.8 Å². The van der Waals surface area contributed by atoms with Gasteiger partial charge in [0.25, 0.3) is 5.91 Å². The molecule has 1 aliphatic heterocycles. The van der Waals surface area contributed by atoms with E-state index in [1.54, 1.807) is 13.8 Å². The van der Waals surface area contributed by atoms with Gasteiger partial charge in [-0.2, -0.15) is 9.42 Å². The molecule has 1 amide bonds. The molecule has 0 saturated carbocycles. The van der Waals surface area contributed by atoms with Gasteiger partial charge < -0.3 is 14.8 Å². The van der Waals surface area contributed by atoms with E-state index in [1.807, 2.05) is 0 Å². The first-order valence-corrected chi connectivity index (χ1v) is 10.0. The second-order valence-electron chi connectivity index (χ2n) is 6.60. The number of amides is 1. The maximum atomic E-state index is 12.4. The average Bonchev–Trinajstić information content (AvgIpc) is 2.70. The lowest BCUT2D eigenvalue weighted by Crippen LogP contribution is -2.50. The second-order valence-corrected chi connectivity index (χ2v) is 8.27.